The zero-order valence-corrected chi connectivity index (χ0v) is 10.8. The van der Waals surface area contributed by atoms with Gasteiger partial charge in [-0.15, -0.1) is 0 Å². The second-order valence-corrected chi connectivity index (χ2v) is 2.48. The predicted octanol–water partition coefficient (Wildman–Crippen LogP) is -1.75. The maximum absolute atomic E-state index is 10.3. The first kappa shape index (κ1) is 16.5. The van der Waals surface area contributed by atoms with Gasteiger partial charge in [0.05, 0.1) is 12.8 Å². The number of carboxylic acid groups (broad SMARTS) is 3. The van der Waals surface area contributed by atoms with E-state index >= 15 is 0 Å². The predicted molar refractivity (Wildman–Crippen MR) is 43.5 cm³/mol. The van der Waals surface area contributed by atoms with E-state index < -0.39 is 36.4 Å². The molecule has 8 nitrogen and oxygen atoms in total. The summed E-state index contributed by atoms with van der Waals surface area (Å²) < 4.78 is 8.36. The molecule has 0 saturated heterocycles. The van der Waals surface area contributed by atoms with Gasteiger partial charge in [0.25, 0.3) is 0 Å². The third-order valence-electron chi connectivity index (χ3n) is 1.29. The van der Waals surface area contributed by atoms with Gasteiger partial charge in [0.1, 0.15) is 0 Å². The molecule has 0 aromatic heterocycles. The van der Waals surface area contributed by atoms with Crippen LogP contribution in [0.2, 0.25) is 0 Å². The molecule has 0 aliphatic heterocycles. The molecule has 0 bridgehead atoms. The number of aliphatic hydroxyl groups is 1. The third-order valence-corrected chi connectivity index (χ3v) is 1.29. The summed E-state index contributed by atoms with van der Waals surface area (Å²) in [6.07, 6.45) is -2.29. The number of carboxylic acids is 3. The summed E-state index contributed by atoms with van der Waals surface area (Å²) >= 11 is 0.194. The summed E-state index contributed by atoms with van der Waals surface area (Å²) in [5.41, 5.74) is -2.74. The van der Waals surface area contributed by atoms with Gasteiger partial charge in [-0.3, -0.25) is 9.59 Å². The molecule has 0 atom stereocenters. The van der Waals surface area contributed by atoms with E-state index in [1.165, 1.54) is 0 Å². The molecule has 9 heteroatoms. The van der Waals surface area contributed by atoms with Crippen LogP contribution in [0.15, 0.2) is 0 Å². The summed E-state index contributed by atoms with van der Waals surface area (Å²) in [6.45, 7) is 0. The summed E-state index contributed by atoms with van der Waals surface area (Å²) in [4.78, 5) is 30.5. The van der Waals surface area contributed by atoms with Crippen molar-refractivity contribution in [3.63, 3.8) is 0 Å². The van der Waals surface area contributed by atoms with E-state index in [1.807, 2.05) is 0 Å². The van der Waals surface area contributed by atoms with Crippen molar-refractivity contribution >= 4 is 42.6 Å². The Hall–Kier alpha value is -0.947. The Morgan fingerprint density at radius 2 is 1.20 bits per heavy atom. The minimum atomic E-state index is -2.74. The zero-order chi connectivity index (χ0) is 12.6. The zero-order valence-electron chi connectivity index (χ0n) is 7.28. The summed E-state index contributed by atoms with van der Waals surface area (Å²) in [6, 6.07) is 0. The van der Waals surface area contributed by atoms with Crippen LogP contribution in [-0.4, -0.2) is 68.7 Å². The van der Waals surface area contributed by atoms with Crippen molar-refractivity contribution in [2.24, 2.45) is 0 Å². The van der Waals surface area contributed by atoms with Crippen molar-refractivity contribution in [2.75, 3.05) is 0 Å². The fourth-order valence-electron chi connectivity index (χ4n) is 0.714. The van der Waals surface area contributed by atoms with Crippen molar-refractivity contribution in [3.05, 3.63) is 0 Å². The summed E-state index contributed by atoms with van der Waals surface area (Å²) in [5.74, 6) is -5.02. The van der Waals surface area contributed by atoms with Crippen LogP contribution in [0.25, 0.3) is 0 Å². The molecule has 0 aliphatic rings. The van der Waals surface area contributed by atoms with E-state index in [2.05, 4.69) is 0 Å². The standard InChI is InChI=1S/C6H8O7.Bi.O/c7-3(8)1-6(13,5(11)12)2-4(9)10;;/h13H,1-2H2,(H,7,8)(H,9,10)(H,11,12);;. The summed E-state index contributed by atoms with van der Waals surface area (Å²) in [5, 5.41) is 33.8. The average Bonchev–Trinajstić information content (AvgIpc) is 2.04. The molecule has 85 valence electrons. The molecule has 0 aliphatic carbocycles. The first-order chi connectivity index (χ1) is 6.78. The van der Waals surface area contributed by atoms with E-state index in [9.17, 15) is 14.4 Å². The number of hydrogen-bond acceptors (Lipinski definition) is 5. The maximum atomic E-state index is 10.3. The first-order valence-corrected chi connectivity index (χ1v) is 4.77. The monoisotopic (exact) mass is 417 g/mol. The quantitative estimate of drug-likeness (QED) is 0.385. The van der Waals surface area contributed by atoms with Crippen molar-refractivity contribution < 1.29 is 37.6 Å². The molecule has 0 amide bonds. The van der Waals surface area contributed by atoms with Gasteiger partial charge in [0.2, 0.25) is 0 Å². The number of rotatable bonds is 5. The number of carbonyl (C=O) groups is 3. The Labute approximate surface area is 98.8 Å². The topological polar surface area (TPSA) is 149 Å². The summed E-state index contributed by atoms with van der Waals surface area (Å²) in [7, 11) is 0. The van der Waals surface area contributed by atoms with E-state index in [4.69, 9.17) is 23.2 Å². The molecular weight excluding hydrogens is 409 g/mol. The molecule has 0 rings (SSSR count). The first-order valence-electron chi connectivity index (χ1n) is 3.35. The fourth-order valence-corrected chi connectivity index (χ4v) is 0.714. The Balaban J connectivity index is 0. The Morgan fingerprint density at radius 3 is 1.33 bits per heavy atom. The van der Waals surface area contributed by atoms with Crippen LogP contribution in [0.1, 0.15) is 12.8 Å². The number of aliphatic carboxylic acids is 3. The Bertz CT molecular complexity index is 246. The van der Waals surface area contributed by atoms with E-state index in [-0.39, 0.29) is 24.7 Å². The molecule has 15 heavy (non-hydrogen) atoms. The molecule has 0 fully saturated rings. The van der Waals surface area contributed by atoms with Crippen molar-refractivity contribution in [3.8, 4) is 0 Å². The second-order valence-electron chi connectivity index (χ2n) is 2.48. The van der Waals surface area contributed by atoms with Crippen LogP contribution in [-0.2, 0) is 17.2 Å². The molecule has 1 radical (unpaired) electrons. The molecule has 0 aromatic rings. The van der Waals surface area contributed by atoms with Crippen molar-refractivity contribution in [1.29, 1.82) is 0 Å². The van der Waals surface area contributed by atoms with Crippen molar-refractivity contribution in [2.45, 2.75) is 18.4 Å². The molecule has 0 aromatic carbocycles. The van der Waals surface area contributed by atoms with Gasteiger partial charge in [0.15, 0.2) is 5.60 Å². The van der Waals surface area contributed by atoms with E-state index in [0.29, 0.717) is 0 Å². The Kier molecular flexibility index (Phi) is 8.09. The molecule has 0 heterocycles. The third kappa shape index (κ3) is 7.04. The second kappa shape index (κ2) is 7.36. The molecule has 0 saturated carbocycles. The van der Waals surface area contributed by atoms with Crippen LogP contribution in [0.5, 0.6) is 0 Å². The van der Waals surface area contributed by atoms with Gasteiger partial charge < -0.3 is 20.4 Å². The van der Waals surface area contributed by atoms with Gasteiger partial charge >= 0.3 is 45.4 Å². The SMILES string of the molecule is O=C(O)CC(O)(CC(=O)O)C(=O)O.[O]=[Bi]. The van der Waals surface area contributed by atoms with Gasteiger partial charge in [0, 0.05) is 0 Å². The van der Waals surface area contributed by atoms with Crippen LogP contribution < -0.4 is 0 Å². The molecular formula is C6H8BiO8. The van der Waals surface area contributed by atoms with Gasteiger partial charge in [-0.1, -0.05) is 0 Å². The molecule has 4 N–H and O–H groups in total. The Morgan fingerprint density at radius 1 is 0.933 bits per heavy atom. The average molecular weight is 417 g/mol. The van der Waals surface area contributed by atoms with E-state index in [0.717, 1.165) is 0 Å². The van der Waals surface area contributed by atoms with E-state index in [1.54, 1.807) is 0 Å². The van der Waals surface area contributed by atoms with Crippen LogP contribution in [0.3, 0.4) is 0 Å². The molecule has 0 spiro atoms. The number of hydrogen-bond donors (Lipinski definition) is 4. The van der Waals surface area contributed by atoms with Crippen LogP contribution in [0, 0.1) is 0 Å². The van der Waals surface area contributed by atoms with Crippen LogP contribution in [0.4, 0.5) is 0 Å². The van der Waals surface area contributed by atoms with Crippen molar-refractivity contribution in [1.82, 2.24) is 0 Å². The van der Waals surface area contributed by atoms with Gasteiger partial charge in [-0.05, 0) is 0 Å². The molecule has 0 unspecified atom stereocenters. The van der Waals surface area contributed by atoms with Crippen LogP contribution >= 0.6 is 0 Å². The van der Waals surface area contributed by atoms with Gasteiger partial charge in [-0.25, -0.2) is 4.79 Å². The fraction of sp³-hybridized carbons (Fsp3) is 0.500. The normalized spacial score (nSPS) is 9.67. The van der Waals surface area contributed by atoms with Gasteiger partial charge in [-0.2, -0.15) is 0 Å². The minimum absolute atomic E-state index is 0.194.